The van der Waals surface area contributed by atoms with Crippen molar-refractivity contribution in [1.29, 1.82) is 0 Å². The van der Waals surface area contributed by atoms with E-state index in [1.807, 2.05) is 13.8 Å². The molecule has 7 heteroatoms. The van der Waals surface area contributed by atoms with Crippen LogP contribution in [-0.4, -0.2) is 35.8 Å². The predicted octanol–water partition coefficient (Wildman–Crippen LogP) is 0.478. The summed E-state index contributed by atoms with van der Waals surface area (Å²) < 4.78 is 25.4. The highest BCUT2D eigenvalue weighted by atomic mass is 32.2. The van der Waals surface area contributed by atoms with Gasteiger partial charge in [-0.15, -0.1) is 0 Å². The summed E-state index contributed by atoms with van der Waals surface area (Å²) in [4.78, 5) is 7.41. The number of hydrogen-bond donors (Lipinski definition) is 1. The molecule has 1 aromatic rings. The van der Waals surface area contributed by atoms with Crippen molar-refractivity contribution < 1.29 is 8.42 Å². The highest BCUT2D eigenvalue weighted by Gasteiger charge is 2.24. The predicted molar refractivity (Wildman–Crippen MR) is 61.1 cm³/mol. The molecule has 0 saturated heterocycles. The molecule has 0 bridgehead atoms. The number of nitrogen functional groups attached to an aromatic ring is 1. The van der Waals surface area contributed by atoms with Crippen molar-refractivity contribution in [3.63, 3.8) is 0 Å². The van der Waals surface area contributed by atoms with Crippen molar-refractivity contribution in [3.8, 4) is 0 Å². The van der Waals surface area contributed by atoms with Crippen molar-refractivity contribution in [2.45, 2.75) is 31.2 Å². The van der Waals surface area contributed by atoms with Crippen LogP contribution in [0, 0.1) is 0 Å². The van der Waals surface area contributed by atoms with Gasteiger partial charge < -0.3 is 5.73 Å². The first-order valence-corrected chi connectivity index (χ1v) is 6.39. The SMILES string of the molecule is CCC(C)N(C)S(=O)(=O)c1cnc(N)nc1. The Hall–Kier alpha value is -1.21. The van der Waals surface area contributed by atoms with Crippen molar-refractivity contribution in [2.75, 3.05) is 12.8 Å². The summed E-state index contributed by atoms with van der Waals surface area (Å²) in [6.07, 6.45) is 3.18. The van der Waals surface area contributed by atoms with E-state index < -0.39 is 10.0 Å². The van der Waals surface area contributed by atoms with Gasteiger partial charge in [0.15, 0.2) is 0 Å². The minimum absolute atomic E-state index is 0.0597. The molecule has 0 aliphatic carbocycles. The van der Waals surface area contributed by atoms with Crippen LogP contribution in [0.4, 0.5) is 5.95 Å². The Bertz CT molecular complexity index is 443. The maximum atomic E-state index is 12.0. The number of anilines is 1. The van der Waals surface area contributed by atoms with E-state index in [1.54, 1.807) is 7.05 Å². The molecule has 0 amide bonds. The smallest absolute Gasteiger partial charge is 0.246 e. The lowest BCUT2D eigenvalue weighted by Gasteiger charge is -2.22. The molecule has 16 heavy (non-hydrogen) atoms. The quantitative estimate of drug-likeness (QED) is 0.832. The third-order valence-corrected chi connectivity index (χ3v) is 4.46. The maximum Gasteiger partial charge on any atom is 0.246 e. The average molecular weight is 244 g/mol. The first kappa shape index (κ1) is 12.9. The van der Waals surface area contributed by atoms with Gasteiger partial charge in [-0.25, -0.2) is 18.4 Å². The number of nitrogens with two attached hydrogens (primary N) is 1. The van der Waals surface area contributed by atoms with Crippen molar-refractivity contribution in [3.05, 3.63) is 12.4 Å². The van der Waals surface area contributed by atoms with E-state index in [2.05, 4.69) is 9.97 Å². The molecule has 0 saturated carbocycles. The second kappa shape index (κ2) is 4.75. The molecule has 1 unspecified atom stereocenters. The standard InChI is InChI=1S/C9H16N4O2S/c1-4-7(2)13(3)16(14,15)8-5-11-9(10)12-6-8/h5-7H,4H2,1-3H3,(H2,10,11,12). The molecule has 90 valence electrons. The van der Waals surface area contributed by atoms with Crippen LogP contribution >= 0.6 is 0 Å². The summed E-state index contributed by atoms with van der Waals surface area (Å²) in [5, 5.41) is 0. The molecule has 1 heterocycles. The molecule has 0 radical (unpaired) electrons. The maximum absolute atomic E-state index is 12.0. The molecule has 0 aromatic carbocycles. The normalized spacial score (nSPS) is 14.0. The lowest BCUT2D eigenvalue weighted by Crippen LogP contribution is -2.34. The van der Waals surface area contributed by atoms with Gasteiger partial charge in [-0.05, 0) is 13.3 Å². The van der Waals surface area contributed by atoms with Gasteiger partial charge in [0.25, 0.3) is 0 Å². The summed E-state index contributed by atoms with van der Waals surface area (Å²) >= 11 is 0. The Labute approximate surface area is 95.6 Å². The number of sulfonamides is 1. The lowest BCUT2D eigenvalue weighted by molar-refractivity contribution is 0.380. The summed E-state index contributed by atoms with van der Waals surface area (Å²) in [6, 6.07) is -0.0671. The molecule has 2 N–H and O–H groups in total. The van der Waals surface area contributed by atoms with Gasteiger partial charge in [0.2, 0.25) is 16.0 Å². The third-order valence-electron chi connectivity index (χ3n) is 2.54. The van der Waals surface area contributed by atoms with E-state index in [-0.39, 0.29) is 16.9 Å². The zero-order valence-corrected chi connectivity index (χ0v) is 10.4. The molecular formula is C9H16N4O2S. The van der Waals surface area contributed by atoms with Crippen LogP contribution in [0.15, 0.2) is 17.3 Å². The Balaban J connectivity index is 3.07. The van der Waals surface area contributed by atoms with E-state index >= 15 is 0 Å². The second-order valence-corrected chi connectivity index (χ2v) is 5.55. The van der Waals surface area contributed by atoms with E-state index in [9.17, 15) is 8.42 Å². The lowest BCUT2D eigenvalue weighted by atomic mass is 10.3. The topological polar surface area (TPSA) is 89.2 Å². The van der Waals surface area contributed by atoms with Gasteiger partial charge in [0.05, 0.1) is 12.4 Å². The summed E-state index contributed by atoms with van der Waals surface area (Å²) in [7, 11) is -1.97. The number of aromatic nitrogens is 2. The van der Waals surface area contributed by atoms with Crippen molar-refractivity contribution in [2.24, 2.45) is 0 Å². The molecule has 1 atom stereocenters. The van der Waals surface area contributed by atoms with Crippen molar-refractivity contribution >= 4 is 16.0 Å². The number of hydrogen-bond acceptors (Lipinski definition) is 5. The van der Waals surface area contributed by atoms with Gasteiger partial charge in [-0.2, -0.15) is 4.31 Å². The molecule has 0 aliphatic rings. The van der Waals surface area contributed by atoms with Crippen LogP contribution in [0.5, 0.6) is 0 Å². The van der Waals surface area contributed by atoms with Gasteiger partial charge in [0, 0.05) is 13.1 Å². The van der Waals surface area contributed by atoms with E-state index in [0.717, 1.165) is 6.42 Å². The Morgan fingerprint density at radius 2 is 1.94 bits per heavy atom. The molecule has 6 nitrogen and oxygen atoms in total. The molecular weight excluding hydrogens is 228 g/mol. The molecule has 0 spiro atoms. The first-order valence-electron chi connectivity index (χ1n) is 4.95. The Kier molecular flexibility index (Phi) is 3.82. The van der Waals surface area contributed by atoms with Crippen LogP contribution in [0.1, 0.15) is 20.3 Å². The van der Waals surface area contributed by atoms with Crippen molar-refractivity contribution in [1.82, 2.24) is 14.3 Å². The van der Waals surface area contributed by atoms with E-state index in [0.29, 0.717) is 0 Å². The summed E-state index contributed by atoms with van der Waals surface area (Å²) in [5.41, 5.74) is 5.30. The largest absolute Gasteiger partial charge is 0.368 e. The van der Waals surface area contributed by atoms with Crippen LogP contribution in [-0.2, 0) is 10.0 Å². The van der Waals surface area contributed by atoms with Crippen LogP contribution in [0.25, 0.3) is 0 Å². The van der Waals surface area contributed by atoms with E-state index in [1.165, 1.54) is 16.7 Å². The zero-order chi connectivity index (χ0) is 12.3. The highest BCUT2D eigenvalue weighted by Crippen LogP contribution is 2.16. The number of rotatable bonds is 4. The molecule has 0 fully saturated rings. The second-order valence-electron chi connectivity index (χ2n) is 3.56. The van der Waals surface area contributed by atoms with Gasteiger partial charge in [-0.3, -0.25) is 0 Å². The van der Waals surface area contributed by atoms with Crippen LogP contribution in [0.2, 0.25) is 0 Å². The van der Waals surface area contributed by atoms with Gasteiger partial charge in [0.1, 0.15) is 4.90 Å². The highest BCUT2D eigenvalue weighted by molar-refractivity contribution is 7.89. The fourth-order valence-corrected chi connectivity index (χ4v) is 2.45. The van der Waals surface area contributed by atoms with Gasteiger partial charge >= 0.3 is 0 Å². The van der Waals surface area contributed by atoms with Gasteiger partial charge in [-0.1, -0.05) is 6.92 Å². The van der Waals surface area contributed by atoms with Crippen LogP contribution in [0.3, 0.4) is 0 Å². The minimum Gasteiger partial charge on any atom is -0.368 e. The van der Waals surface area contributed by atoms with Crippen LogP contribution < -0.4 is 5.73 Å². The summed E-state index contributed by atoms with van der Waals surface area (Å²) in [5.74, 6) is 0.0603. The fraction of sp³-hybridized carbons (Fsp3) is 0.556. The molecule has 1 aromatic heterocycles. The molecule has 0 aliphatic heterocycles. The number of nitrogens with zero attached hydrogens (tertiary/aromatic N) is 3. The monoisotopic (exact) mass is 244 g/mol. The van der Waals surface area contributed by atoms with E-state index in [4.69, 9.17) is 5.73 Å². The average Bonchev–Trinajstić information content (AvgIpc) is 2.27. The Morgan fingerprint density at radius 3 is 2.38 bits per heavy atom. The molecule has 1 rings (SSSR count). The fourth-order valence-electron chi connectivity index (χ4n) is 1.12. The Morgan fingerprint density at radius 1 is 1.44 bits per heavy atom. The third kappa shape index (κ3) is 2.48. The first-order chi connectivity index (χ1) is 7.39. The minimum atomic E-state index is -3.51. The zero-order valence-electron chi connectivity index (χ0n) is 9.58. The summed E-state index contributed by atoms with van der Waals surface area (Å²) in [6.45, 7) is 3.77.